The van der Waals surface area contributed by atoms with Gasteiger partial charge in [0.1, 0.15) is 5.54 Å². The summed E-state index contributed by atoms with van der Waals surface area (Å²) in [7, 11) is 0. The number of carbonyl (C=O) groups is 2. The average molecular weight is 216 g/mol. The minimum Gasteiger partial charge on any atom is -0.480 e. The van der Waals surface area contributed by atoms with E-state index < -0.39 is 23.5 Å². The highest BCUT2D eigenvalue weighted by Crippen LogP contribution is 2.17. The van der Waals surface area contributed by atoms with Gasteiger partial charge in [-0.15, -0.1) is 0 Å². The van der Waals surface area contributed by atoms with Crippen LogP contribution >= 0.6 is 0 Å². The van der Waals surface area contributed by atoms with Gasteiger partial charge in [0.05, 0.1) is 6.04 Å². The number of hydrogen-bond donors (Lipinski definition) is 3. The molecule has 0 spiro atoms. The summed E-state index contributed by atoms with van der Waals surface area (Å²) in [5.41, 5.74) is 3.97. The van der Waals surface area contributed by atoms with Crippen molar-refractivity contribution < 1.29 is 14.7 Å². The Balaban J connectivity index is 4.65. The molecule has 0 saturated carbocycles. The molecule has 1 amide bonds. The van der Waals surface area contributed by atoms with Crippen LogP contribution in [0.3, 0.4) is 0 Å². The molecule has 0 radical (unpaired) electrons. The standard InChI is InChI=1S/C10H20N2O3/c1-6(2)5-10(4,9(14)15)12-7(3)8(11)13/h6-7,12H,5H2,1-4H3,(H2,11,13)(H,14,15). The molecule has 2 unspecified atom stereocenters. The Hall–Kier alpha value is -1.10. The molecule has 4 N–H and O–H groups in total. The predicted molar refractivity (Wildman–Crippen MR) is 57.3 cm³/mol. The van der Waals surface area contributed by atoms with E-state index in [1.165, 1.54) is 0 Å². The zero-order valence-corrected chi connectivity index (χ0v) is 9.70. The van der Waals surface area contributed by atoms with Gasteiger partial charge in [-0.1, -0.05) is 13.8 Å². The molecular weight excluding hydrogens is 196 g/mol. The summed E-state index contributed by atoms with van der Waals surface area (Å²) in [6.07, 6.45) is 0.444. The van der Waals surface area contributed by atoms with Crippen LogP contribution in [0.1, 0.15) is 34.1 Å². The molecular formula is C10H20N2O3. The first-order chi connectivity index (χ1) is 6.69. The summed E-state index contributed by atoms with van der Waals surface area (Å²) in [6.45, 7) is 6.98. The highest BCUT2D eigenvalue weighted by atomic mass is 16.4. The van der Waals surface area contributed by atoms with Crippen LogP contribution in [-0.2, 0) is 9.59 Å². The maximum Gasteiger partial charge on any atom is 0.323 e. The molecule has 0 saturated heterocycles. The molecule has 0 aliphatic carbocycles. The SMILES string of the molecule is CC(C)CC(C)(NC(C)C(N)=O)C(=O)O. The smallest absolute Gasteiger partial charge is 0.323 e. The van der Waals surface area contributed by atoms with E-state index in [0.717, 1.165) is 0 Å². The number of carbonyl (C=O) groups excluding carboxylic acids is 1. The maximum atomic E-state index is 11.1. The van der Waals surface area contributed by atoms with Gasteiger partial charge in [0.25, 0.3) is 0 Å². The van der Waals surface area contributed by atoms with Crippen molar-refractivity contribution in [2.24, 2.45) is 11.7 Å². The van der Waals surface area contributed by atoms with Crippen LogP contribution < -0.4 is 11.1 Å². The van der Waals surface area contributed by atoms with Gasteiger partial charge in [0, 0.05) is 0 Å². The van der Waals surface area contributed by atoms with E-state index in [1.54, 1.807) is 13.8 Å². The number of carboxylic acids is 1. The van der Waals surface area contributed by atoms with Crippen LogP contribution in [0, 0.1) is 5.92 Å². The summed E-state index contributed by atoms with van der Waals surface area (Å²) >= 11 is 0. The van der Waals surface area contributed by atoms with E-state index in [2.05, 4.69) is 5.32 Å². The minimum absolute atomic E-state index is 0.221. The van der Waals surface area contributed by atoms with E-state index >= 15 is 0 Å². The fourth-order valence-corrected chi connectivity index (χ4v) is 1.57. The van der Waals surface area contributed by atoms with E-state index in [1.807, 2.05) is 13.8 Å². The van der Waals surface area contributed by atoms with Crippen molar-refractivity contribution in [1.29, 1.82) is 0 Å². The zero-order valence-electron chi connectivity index (χ0n) is 9.70. The number of rotatable bonds is 6. The Labute approximate surface area is 90.0 Å². The van der Waals surface area contributed by atoms with Crippen molar-refractivity contribution in [2.75, 3.05) is 0 Å². The molecule has 0 aromatic rings. The molecule has 2 atom stereocenters. The second-order valence-corrected chi connectivity index (χ2v) is 4.50. The monoisotopic (exact) mass is 216 g/mol. The lowest BCUT2D eigenvalue weighted by molar-refractivity contribution is -0.145. The lowest BCUT2D eigenvalue weighted by atomic mass is 9.90. The lowest BCUT2D eigenvalue weighted by Gasteiger charge is -2.30. The second-order valence-electron chi connectivity index (χ2n) is 4.50. The molecule has 15 heavy (non-hydrogen) atoms. The minimum atomic E-state index is -1.11. The summed E-state index contributed by atoms with van der Waals surface area (Å²) in [5, 5.41) is 11.8. The van der Waals surface area contributed by atoms with Crippen LogP contribution in [0.2, 0.25) is 0 Å². The van der Waals surface area contributed by atoms with Crippen molar-refractivity contribution in [1.82, 2.24) is 5.32 Å². The van der Waals surface area contributed by atoms with Gasteiger partial charge in [-0.2, -0.15) is 0 Å². The Morgan fingerprint density at radius 3 is 2.13 bits per heavy atom. The molecule has 5 heteroatoms. The molecule has 0 aliphatic rings. The fourth-order valence-electron chi connectivity index (χ4n) is 1.57. The van der Waals surface area contributed by atoms with Crippen molar-refractivity contribution in [2.45, 2.75) is 45.7 Å². The highest BCUT2D eigenvalue weighted by Gasteiger charge is 2.35. The maximum absolute atomic E-state index is 11.1. The van der Waals surface area contributed by atoms with Crippen molar-refractivity contribution >= 4 is 11.9 Å². The molecule has 0 aromatic heterocycles. The van der Waals surface area contributed by atoms with E-state index in [-0.39, 0.29) is 5.92 Å². The third-order valence-corrected chi connectivity index (χ3v) is 2.25. The van der Waals surface area contributed by atoms with Gasteiger partial charge in [0.2, 0.25) is 5.91 Å². The van der Waals surface area contributed by atoms with Crippen LogP contribution in [-0.4, -0.2) is 28.6 Å². The van der Waals surface area contributed by atoms with Gasteiger partial charge >= 0.3 is 5.97 Å². The fraction of sp³-hybridized carbons (Fsp3) is 0.800. The van der Waals surface area contributed by atoms with Crippen molar-refractivity contribution in [3.8, 4) is 0 Å². The van der Waals surface area contributed by atoms with Gasteiger partial charge in [-0.05, 0) is 26.2 Å². The lowest BCUT2D eigenvalue weighted by Crippen LogP contribution is -2.57. The molecule has 0 aromatic carbocycles. The largest absolute Gasteiger partial charge is 0.480 e. The number of aliphatic carboxylic acids is 1. The summed E-state index contributed by atoms with van der Waals surface area (Å²) in [5.74, 6) is -1.30. The number of amides is 1. The van der Waals surface area contributed by atoms with E-state index in [4.69, 9.17) is 10.8 Å². The number of nitrogens with two attached hydrogens (primary N) is 1. The summed E-state index contributed by atoms with van der Waals surface area (Å²) in [6, 6.07) is -0.648. The van der Waals surface area contributed by atoms with Gasteiger partial charge in [-0.25, -0.2) is 0 Å². The van der Waals surface area contributed by atoms with Gasteiger partial charge in [-0.3, -0.25) is 14.9 Å². The van der Waals surface area contributed by atoms with Crippen molar-refractivity contribution in [3.63, 3.8) is 0 Å². The first-order valence-electron chi connectivity index (χ1n) is 4.99. The molecule has 0 aliphatic heterocycles. The quantitative estimate of drug-likeness (QED) is 0.597. The highest BCUT2D eigenvalue weighted by molar-refractivity contribution is 5.82. The van der Waals surface area contributed by atoms with Crippen LogP contribution in [0.25, 0.3) is 0 Å². The Bertz CT molecular complexity index is 253. The Morgan fingerprint density at radius 2 is 1.87 bits per heavy atom. The third-order valence-electron chi connectivity index (χ3n) is 2.25. The van der Waals surface area contributed by atoms with E-state index in [9.17, 15) is 9.59 Å². The molecule has 0 heterocycles. The molecule has 88 valence electrons. The second kappa shape index (κ2) is 5.11. The predicted octanol–water partition coefficient (Wildman–Crippen LogP) is 0.339. The van der Waals surface area contributed by atoms with Gasteiger partial charge < -0.3 is 10.8 Å². The van der Waals surface area contributed by atoms with Crippen LogP contribution in [0.4, 0.5) is 0 Å². The number of nitrogens with one attached hydrogen (secondary N) is 1. The summed E-state index contributed by atoms with van der Waals surface area (Å²) in [4.78, 5) is 22.0. The number of primary amides is 1. The molecule has 0 fully saturated rings. The molecule has 0 rings (SSSR count). The number of hydrogen-bond acceptors (Lipinski definition) is 3. The van der Waals surface area contributed by atoms with Crippen LogP contribution in [0.5, 0.6) is 0 Å². The van der Waals surface area contributed by atoms with Crippen molar-refractivity contribution in [3.05, 3.63) is 0 Å². The average Bonchev–Trinajstić information content (AvgIpc) is 2.01. The Kier molecular flexibility index (Phi) is 4.74. The normalized spacial score (nSPS) is 17.1. The first kappa shape index (κ1) is 13.9. The van der Waals surface area contributed by atoms with Gasteiger partial charge in [0.15, 0.2) is 0 Å². The molecule has 5 nitrogen and oxygen atoms in total. The van der Waals surface area contributed by atoms with Crippen LogP contribution in [0.15, 0.2) is 0 Å². The Morgan fingerprint density at radius 1 is 1.40 bits per heavy atom. The zero-order chi connectivity index (χ0) is 12.2. The molecule has 0 bridgehead atoms. The first-order valence-corrected chi connectivity index (χ1v) is 4.99. The third kappa shape index (κ3) is 4.29. The summed E-state index contributed by atoms with van der Waals surface area (Å²) < 4.78 is 0. The van der Waals surface area contributed by atoms with E-state index in [0.29, 0.717) is 6.42 Å². The topological polar surface area (TPSA) is 92.4 Å². The number of carboxylic acid groups (broad SMARTS) is 1.